The highest BCUT2D eigenvalue weighted by molar-refractivity contribution is 6.13. The largest absolute Gasteiger partial charge is 0.299 e. The molecule has 1 aromatic carbocycles. The first-order valence-electron chi connectivity index (χ1n) is 10.1. The van der Waals surface area contributed by atoms with Gasteiger partial charge in [0.2, 0.25) is 0 Å². The third kappa shape index (κ3) is 3.34. The zero-order valence-corrected chi connectivity index (χ0v) is 17.3. The maximum absolute atomic E-state index is 13.2. The van der Waals surface area contributed by atoms with Crippen molar-refractivity contribution in [3.63, 3.8) is 0 Å². The minimum absolute atomic E-state index is 0.0207. The SMILES string of the molecule is CC1(C)CC(=O)C2C(=NC3=C(C(=O)CC(C)(C)C3)[C@H]2c2ccccc2[N+](=O)[O-])C1. The van der Waals surface area contributed by atoms with Gasteiger partial charge in [0.05, 0.1) is 10.8 Å². The molecule has 152 valence electrons. The van der Waals surface area contributed by atoms with Gasteiger partial charge in [-0.1, -0.05) is 45.9 Å². The minimum atomic E-state index is -0.619. The number of nitro benzene ring substituents is 1. The summed E-state index contributed by atoms with van der Waals surface area (Å²) in [5.74, 6) is -1.23. The number of rotatable bonds is 2. The molecule has 1 heterocycles. The van der Waals surface area contributed by atoms with Crippen molar-refractivity contribution < 1.29 is 14.5 Å². The van der Waals surface area contributed by atoms with Crippen LogP contribution in [0.2, 0.25) is 0 Å². The van der Waals surface area contributed by atoms with E-state index in [1.54, 1.807) is 18.2 Å². The van der Waals surface area contributed by atoms with Crippen LogP contribution in [-0.2, 0) is 9.59 Å². The van der Waals surface area contributed by atoms with Crippen LogP contribution in [0, 0.1) is 26.9 Å². The fourth-order valence-corrected chi connectivity index (χ4v) is 5.26. The van der Waals surface area contributed by atoms with Gasteiger partial charge in [-0.3, -0.25) is 24.7 Å². The van der Waals surface area contributed by atoms with Crippen molar-refractivity contribution in [1.29, 1.82) is 0 Å². The molecule has 2 aliphatic carbocycles. The summed E-state index contributed by atoms with van der Waals surface area (Å²) in [6, 6.07) is 6.50. The van der Waals surface area contributed by atoms with Crippen LogP contribution >= 0.6 is 0 Å². The molecule has 1 aromatic rings. The number of benzene rings is 1. The van der Waals surface area contributed by atoms with Crippen LogP contribution in [0.1, 0.15) is 64.9 Å². The van der Waals surface area contributed by atoms with Crippen LogP contribution in [0.3, 0.4) is 0 Å². The van der Waals surface area contributed by atoms with Crippen LogP contribution in [0.5, 0.6) is 0 Å². The van der Waals surface area contributed by atoms with Gasteiger partial charge >= 0.3 is 0 Å². The molecule has 0 spiro atoms. The first kappa shape index (κ1) is 19.7. The Morgan fingerprint density at radius 2 is 1.62 bits per heavy atom. The molecule has 6 heteroatoms. The summed E-state index contributed by atoms with van der Waals surface area (Å²) in [6.07, 6.45) is 2.04. The molecule has 0 N–H and O–H groups in total. The Labute approximate surface area is 170 Å². The number of aliphatic imine (C=N–C) groups is 1. The van der Waals surface area contributed by atoms with Gasteiger partial charge in [0.15, 0.2) is 5.78 Å². The summed E-state index contributed by atoms with van der Waals surface area (Å²) >= 11 is 0. The average Bonchev–Trinajstić information content (AvgIpc) is 2.57. The number of ketones is 2. The van der Waals surface area contributed by atoms with E-state index in [0.717, 1.165) is 5.71 Å². The zero-order chi connectivity index (χ0) is 21.1. The molecule has 1 aliphatic heterocycles. The van der Waals surface area contributed by atoms with Crippen molar-refractivity contribution in [2.45, 2.75) is 59.3 Å². The molecule has 2 atom stereocenters. The number of nitro groups is 1. The molecular formula is C23H26N2O4. The fourth-order valence-electron chi connectivity index (χ4n) is 5.26. The normalized spacial score (nSPS) is 27.8. The highest BCUT2D eigenvalue weighted by Gasteiger charge is 2.51. The predicted molar refractivity (Wildman–Crippen MR) is 110 cm³/mol. The molecule has 0 radical (unpaired) electrons. The number of hydrogen-bond acceptors (Lipinski definition) is 5. The van der Waals surface area contributed by atoms with E-state index in [4.69, 9.17) is 4.99 Å². The Morgan fingerprint density at radius 3 is 2.31 bits per heavy atom. The van der Waals surface area contributed by atoms with Crippen LogP contribution in [0.25, 0.3) is 0 Å². The number of Topliss-reactive ketones (excluding diaryl/α,β-unsaturated/α-hetero) is 2. The second-order valence-electron chi connectivity index (χ2n) is 10.2. The molecule has 29 heavy (non-hydrogen) atoms. The quantitative estimate of drug-likeness (QED) is 0.533. The second kappa shape index (κ2) is 6.44. The summed E-state index contributed by atoms with van der Waals surface area (Å²) in [6.45, 7) is 8.17. The molecule has 0 aromatic heterocycles. The van der Waals surface area contributed by atoms with E-state index in [1.165, 1.54) is 6.07 Å². The Morgan fingerprint density at radius 1 is 0.966 bits per heavy atom. The smallest absolute Gasteiger partial charge is 0.273 e. The van der Waals surface area contributed by atoms with E-state index < -0.39 is 16.8 Å². The first-order valence-corrected chi connectivity index (χ1v) is 10.1. The maximum Gasteiger partial charge on any atom is 0.273 e. The Kier molecular flexibility index (Phi) is 4.37. The van der Waals surface area contributed by atoms with Crippen molar-refractivity contribution in [2.24, 2.45) is 21.7 Å². The minimum Gasteiger partial charge on any atom is -0.299 e. The molecule has 4 rings (SSSR count). The second-order valence-corrected chi connectivity index (χ2v) is 10.2. The summed E-state index contributed by atoms with van der Waals surface area (Å²) in [5, 5.41) is 11.7. The number of fused-ring (bicyclic) bond motifs is 1. The van der Waals surface area contributed by atoms with Gasteiger partial charge in [0.25, 0.3) is 5.69 Å². The number of carbonyl (C=O) groups excluding carboxylic acids is 2. The summed E-state index contributed by atoms with van der Waals surface area (Å²) < 4.78 is 0. The molecule has 1 saturated carbocycles. The van der Waals surface area contributed by atoms with Gasteiger partial charge in [-0.25, -0.2) is 0 Å². The van der Waals surface area contributed by atoms with Crippen LogP contribution in [0.4, 0.5) is 5.69 Å². The lowest BCUT2D eigenvalue weighted by atomic mass is 9.60. The van der Waals surface area contributed by atoms with E-state index in [-0.39, 0.29) is 28.1 Å². The molecule has 1 unspecified atom stereocenters. The number of hydrogen-bond donors (Lipinski definition) is 0. The first-order chi connectivity index (χ1) is 13.5. The van der Waals surface area contributed by atoms with Crippen molar-refractivity contribution in [2.75, 3.05) is 0 Å². The number of allylic oxidation sites excluding steroid dienone is 2. The Balaban J connectivity index is 1.96. The van der Waals surface area contributed by atoms with Crippen molar-refractivity contribution in [1.82, 2.24) is 0 Å². The van der Waals surface area contributed by atoms with Crippen molar-refractivity contribution in [3.05, 3.63) is 51.2 Å². The molecule has 0 saturated heterocycles. The highest BCUT2D eigenvalue weighted by Crippen LogP contribution is 2.52. The number of carbonyl (C=O) groups is 2. The molecule has 1 fully saturated rings. The molecular weight excluding hydrogens is 368 g/mol. The Bertz CT molecular complexity index is 1000. The topological polar surface area (TPSA) is 89.6 Å². The maximum atomic E-state index is 13.2. The standard InChI is InChI=1S/C23H26N2O4/c1-22(2)9-14-20(17(26)11-22)19(13-7-5-6-8-16(13)25(28)29)21-15(24-14)10-23(3,4)12-18(21)27/h5-8,19-20H,9-12H2,1-4H3/t19-,20?/m0/s1. The highest BCUT2D eigenvalue weighted by atomic mass is 16.6. The van der Waals surface area contributed by atoms with Gasteiger partial charge in [-0.2, -0.15) is 0 Å². The molecule has 3 aliphatic rings. The van der Waals surface area contributed by atoms with Gasteiger partial charge in [0, 0.05) is 47.4 Å². The third-order valence-corrected chi connectivity index (χ3v) is 6.31. The number of para-hydroxylation sites is 1. The average molecular weight is 394 g/mol. The van der Waals surface area contributed by atoms with Crippen molar-refractivity contribution in [3.8, 4) is 0 Å². The van der Waals surface area contributed by atoms with Gasteiger partial charge in [0.1, 0.15) is 5.78 Å². The third-order valence-electron chi connectivity index (χ3n) is 6.31. The van der Waals surface area contributed by atoms with E-state index in [1.807, 2.05) is 27.7 Å². The van der Waals surface area contributed by atoms with E-state index in [9.17, 15) is 19.7 Å². The van der Waals surface area contributed by atoms with Gasteiger partial charge in [-0.05, 0) is 23.7 Å². The number of nitrogens with zero attached hydrogens (tertiary/aromatic N) is 2. The van der Waals surface area contributed by atoms with Crippen LogP contribution < -0.4 is 0 Å². The monoisotopic (exact) mass is 394 g/mol. The van der Waals surface area contributed by atoms with E-state index in [2.05, 4.69) is 0 Å². The molecule has 0 bridgehead atoms. The van der Waals surface area contributed by atoms with Gasteiger partial charge in [-0.15, -0.1) is 0 Å². The van der Waals surface area contributed by atoms with Crippen LogP contribution in [-0.4, -0.2) is 22.2 Å². The van der Waals surface area contributed by atoms with Crippen LogP contribution in [0.15, 0.2) is 40.5 Å². The predicted octanol–water partition coefficient (Wildman–Crippen LogP) is 4.78. The van der Waals surface area contributed by atoms with E-state index in [0.29, 0.717) is 42.5 Å². The van der Waals surface area contributed by atoms with E-state index >= 15 is 0 Å². The van der Waals surface area contributed by atoms with Gasteiger partial charge < -0.3 is 0 Å². The Hall–Kier alpha value is -2.63. The molecule has 6 nitrogen and oxygen atoms in total. The summed E-state index contributed by atoms with van der Waals surface area (Å²) in [4.78, 5) is 42.6. The lowest BCUT2D eigenvalue weighted by molar-refractivity contribution is -0.385. The lowest BCUT2D eigenvalue weighted by Crippen LogP contribution is -2.45. The lowest BCUT2D eigenvalue weighted by Gasteiger charge is -2.44. The zero-order valence-electron chi connectivity index (χ0n) is 17.3. The summed E-state index contributed by atoms with van der Waals surface area (Å²) in [5.41, 5.74) is 2.00. The fraction of sp³-hybridized carbons (Fsp3) is 0.522. The van der Waals surface area contributed by atoms with Crippen molar-refractivity contribution >= 4 is 23.0 Å². The molecule has 0 amide bonds. The summed E-state index contributed by atoms with van der Waals surface area (Å²) in [7, 11) is 0.